The molecule has 2 N–H and O–H groups in total. The van der Waals surface area contributed by atoms with E-state index in [9.17, 15) is 0 Å². The van der Waals surface area contributed by atoms with Crippen LogP contribution in [0.5, 0.6) is 0 Å². The second-order valence-corrected chi connectivity index (χ2v) is 3.33. The Kier molecular flexibility index (Phi) is 2.42. The van der Waals surface area contributed by atoms with Crippen molar-refractivity contribution in [3.8, 4) is 0 Å². The summed E-state index contributed by atoms with van der Waals surface area (Å²) in [5, 5.41) is 3.49. The van der Waals surface area contributed by atoms with Gasteiger partial charge in [0.15, 0.2) is 0 Å². The molecule has 0 aromatic carbocycles. The van der Waals surface area contributed by atoms with Gasteiger partial charge in [-0.1, -0.05) is 12.8 Å². The van der Waals surface area contributed by atoms with Gasteiger partial charge in [-0.15, -0.1) is 0 Å². The fourth-order valence-electron chi connectivity index (χ4n) is 1.73. The van der Waals surface area contributed by atoms with E-state index < -0.39 is 0 Å². The molecule has 3 heteroatoms. The first-order valence-corrected chi connectivity index (χ1v) is 4.69. The molecular formula is C9H15N3. The number of H-pyrrole nitrogens is 1. The van der Waals surface area contributed by atoms with Crippen LogP contribution in [-0.2, 0) is 0 Å². The molecule has 1 unspecified atom stereocenters. The quantitative estimate of drug-likeness (QED) is 0.663. The maximum atomic E-state index is 4.26. The Balaban J connectivity index is 2.02. The number of rotatable bonds is 1. The molecule has 0 radical (unpaired) electrons. The van der Waals surface area contributed by atoms with Gasteiger partial charge < -0.3 is 10.3 Å². The van der Waals surface area contributed by atoms with Crippen molar-refractivity contribution in [2.24, 2.45) is 0 Å². The number of aromatic nitrogens is 2. The van der Waals surface area contributed by atoms with Gasteiger partial charge >= 0.3 is 0 Å². The van der Waals surface area contributed by atoms with Gasteiger partial charge in [0.1, 0.15) is 5.82 Å². The Morgan fingerprint density at radius 2 is 2.33 bits per heavy atom. The summed E-state index contributed by atoms with van der Waals surface area (Å²) < 4.78 is 0. The van der Waals surface area contributed by atoms with Crippen LogP contribution in [0.1, 0.15) is 37.5 Å². The van der Waals surface area contributed by atoms with Crippen LogP contribution in [0.2, 0.25) is 0 Å². The third-order valence-corrected chi connectivity index (χ3v) is 2.41. The van der Waals surface area contributed by atoms with Crippen LogP contribution in [0.15, 0.2) is 12.4 Å². The van der Waals surface area contributed by atoms with E-state index in [-0.39, 0.29) is 0 Å². The molecule has 0 amide bonds. The van der Waals surface area contributed by atoms with Gasteiger partial charge in [0.2, 0.25) is 0 Å². The van der Waals surface area contributed by atoms with Crippen LogP contribution < -0.4 is 5.32 Å². The molecule has 1 aliphatic rings. The minimum atomic E-state index is 0.461. The summed E-state index contributed by atoms with van der Waals surface area (Å²) in [6, 6.07) is 0.461. The van der Waals surface area contributed by atoms with Crippen molar-refractivity contribution in [2.75, 3.05) is 6.54 Å². The van der Waals surface area contributed by atoms with Gasteiger partial charge in [0.05, 0.1) is 6.04 Å². The molecular weight excluding hydrogens is 150 g/mol. The van der Waals surface area contributed by atoms with E-state index in [0.717, 1.165) is 12.4 Å². The van der Waals surface area contributed by atoms with Gasteiger partial charge in [0, 0.05) is 12.4 Å². The maximum Gasteiger partial charge on any atom is 0.123 e. The van der Waals surface area contributed by atoms with Crippen LogP contribution in [0.25, 0.3) is 0 Å². The highest BCUT2D eigenvalue weighted by atomic mass is 15.0. The first kappa shape index (κ1) is 7.80. The second kappa shape index (κ2) is 3.72. The van der Waals surface area contributed by atoms with Crippen LogP contribution in [-0.4, -0.2) is 16.5 Å². The van der Waals surface area contributed by atoms with Crippen molar-refractivity contribution in [3.63, 3.8) is 0 Å². The van der Waals surface area contributed by atoms with Crippen LogP contribution in [0.4, 0.5) is 0 Å². The van der Waals surface area contributed by atoms with E-state index in [1.165, 1.54) is 25.7 Å². The van der Waals surface area contributed by atoms with Crippen LogP contribution in [0.3, 0.4) is 0 Å². The first-order chi connectivity index (χ1) is 5.97. The standard InChI is InChI=1S/C9H15N3/c1-2-4-8(10-5-3-1)9-11-6-7-12-9/h6-8,10H,1-5H2,(H,11,12). The second-order valence-electron chi connectivity index (χ2n) is 3.33. The smallest absolute Gasteiger partial charge is 0.123 e. The maximum absolute atomic E-state index is 4.26. The van der Waals surface area contributed by atoms with Crippen LogP contribution in [0, 0.1) is 0 Å². The Labute approximate surface area is 72.6 Å². The fraction of sp³-hybridized carbons (Fsp3) is 0.667. The first-order valence-electron chi connectivity index (χ1n) is 4.69. The predicted molar refractivity (Wildman–Crippen MR) is 47.8 cm³/mol. The third kappa shape index (κ3) is 1.67. The SMILES string of the molecule is c1c[nH]c(C2CCCCCN2)n1. The average Bonchev–Trinajstić information content (AvgIpc) is 2.48. The van der Waals surface area contributed by atoms with Gasteiger partial charge in [-0.25, -0.2) is 4.98 Å². The number of hydrogen-bond donors (Lipinski definition) is 2. The van der Waals surface area contributed by atoms with Crippen molar-refractivity contribution < 1.29 is 0 Å². The summed E-state index contributed by atoms with van der Waals surface area (Å²) in [4.78, 5) is 7.42. The highest BCUT2D eigenvalue weighted by molar-refractivity contribution is 4.95. The number of nitrogens with zero attached hydrogens (tertiary/aromatic N) is 1. The molecule has 0 saturated carbocycles. The Bertz CT molecular complexity index is 210. The van der Waals surface area contributed by atoms with Crippen molar-refractivity contribution in [1.82, 2.24) is 15.3 Å². The molecule has 2 heterocycles. The number of hydrogen-bond acceptors (Lipinski definition) is 2. The van der Waals surface area contributed by atoms with E-state index in [4.69, 9.17) is 0 Å². The summed E-state index contributed by atoms with van der Waals surface area (Å²) in [7, 11) is 0. The summed E-state index contributed by atoms with van der Waals surface area (Å²) in [6.45, 7) is 1.13. The zero-order chi connectivity index (χ0) is 8.23. The molecule has 3 nitrogen and oxygen atoms in total. The number of aromatic amines is 1. The predicted octanol–water partition coefficient (Wildman–Crippen LogP) is 1.61. The van der Waals surface area contributed by atoms with Gasteiger partial charge in [0.25, 0.3) is 0 Å². The lowest BCUT2D eigenvalue weighted by atomic mass is 10.1. The molecule has 1 aliphatic heterocycles. The van der Waals surface area contributed by atoms with E-state index in [0.29, 0.717) is 6.04 Å². The van der Waals surface area contributed by atoms with E-state index in [1.807, 2.05) is 12.4 Å². The van der Waals surface area contributed by atoms with Crippen LogP contribution >= 0.6 is 0 Å². The summed E-state index contributed by atoms with van der Waals surface area (Å²) in [5.41, 5.74) is 0. The molecule has 1 aromatic heterocycles. The summed E-state index contributed by atoms with van der Waals surface area (Å²) in [5.74, 6) is 1.09. The lowest BCUT2D eigenvalue weighted by Crippen LogP contribution is -2.21. The topological polar surface area (TPSA) is 40.7 Å². The minimum Gasteiger partial charge on any atom is -0.347 e. The molecule has 2 rings (SSSR count). The van der Waals surface area contributed by atoms with Crippen molar-refractivity contribution >= 4 is 0 Å². The molecule has 1 aromatic rings. The highest BCUT2D eigenvalue weighted by Gasteiger charge is 2.14. The van der Waals surface area contributed by atoms with Crippen molar-refractivity contribution in [3.05, 3.63) is 18.2 Å². The largest absolute Gasteiger partial charge is 0.347 e. The molecule has 66 valence electrons. The molecule has 1 saturated heterocycles. The molecule has 12 heavy (non-hydrogen) atoms. The molecule has 1 atom stereocenters. The fourth-order valence-corrected chi connectivity index (χ4v) is 1.73. The number of imidazole rings is 1. The molecule has 0 bridgehead atoms. The van der Waals surface area contributed by atoms with Crippen molar-refractivity contribution in [2.45, 2.75) is 31.7 Å². The van der Waals surface area contributed by atoms with Crippen molar-refractivity contribution in [1.29, 1.82) is 0 Å². The summed E-state index contributed by atoms with van der Waals surface area (Å²) in [6.07, 6.45) is 8.90. The van der Waals surface area contributed by atoms with Gasteiger partial charge in [-0.05, 0) is 19.4 Å². The monoisotopic (exact) mass is 165 g/mol. The third-order valence-electron chi connectivity index (χ3n) is 2.41. The van der Waals surface area contributed by atoms with E-state index >= 15 is 0 Å². The normalized spacial score (nSPS) is 25.2. The number of nitrogens with one attached hydrogen (secondary N) is 2. The zero-order valence-corrected chi connectivity index (χ0v) is 7.21. The molecule has 1 fully saturated rings. The lowest BCUT2D eigenvalue weighted by molar-refractivity contribution is 0.512. The van der Waals surface area contributed by atoms with E-state index in [1.54, 1.807) is 0 Å². The van der Waals surface area contributed by atoms with Gasteiger partial charge in [-0.3, -0.25) is 0 Å². The molecule has 0 spiro atoms. The van der Waals surface area contributed by atoms with Gasteiger partial charge in [-0.2, -0.15) is 0 Å². The molecule has 0 aliphatic carbocycles. The average molecular weight is 165 g/mol. The Hall–Kier alpha value is -0.830. The zero-order valence-electron chi connectivity index (χ0n) is 7.21. The Morgan fingerprint density at radius 1 is 1.33 bits per heavy atom. The minimum absolute atomic E-state index is 0.461. The highest BCUT2D eigenvalue weighted by Crippen LogP contribution is 2.18. The Morgan fingerprint density at radius 3 is 3.17 bits per heavy atom. The summed E-state index contributed by atoms with van der Waals surface area (Å²) >= 11 is 0. The lowest BCUT2D eigenvalue weighted by Gasteiger charge is -2.11. The van der Waals surface area contributed by atoms with E-state index in [2.05, 4.69) is 15.3 Å².